The van der Waals surface area contributed by atoms with Gasteiger partial charge in [0.1, 0.15) is 0 Å². The third-order valence-electron chi connectivity index (χ3n) is 3.00. The molecule has 0 radical (unpaired) electrons. The van der Waals surface area contributed by atoms with Crippen molar-refractivity contribution in [3.8, 4) is 0 Å². The van der Waals surface area contributed by atoms with Crippen LogP contribution in [-0.2, 0) is 16.0 Å². The number of ketones is 1. The van der Waals surface area contributed by atoms with Crippen molar-refractivity contribution < 1.29 is 9.59 Å². The number of carbonyl (C=O) groups excluding carboxylic acids is 2. The van der Waals surface area contributed by atoms with Crippen molar-refractivity contribution in [2.45, 2.75) is 25.8 Å². The van der Waals surface area contributed by atoms with Crippen LogP contribution in [0.1, 0.15) is 18.9 Å². The number of hydrogen-bond acceptors (Lipinski definition) is 3. The van der Waals surface area contributed by atoms with Gasteiger partial charge in [-0.15, -0.1) is 0 Å². The molecule has 0 bridgehead atoms. The average Bonchev–Trinajstić information content (AvgIpc) is 2.35. The van der Waals surface area contributed by atoms with E-state index in [1.54, 1.807) is 6.08 Å². The van der Waals surface area contributed by atoms with E-state index in [2.05, 4.69) is 11.4 Å². The van der Waals surface area contributed by atoms with Crippen LogP contribution in [0.25, 0.3) is 0 Å². The van der Waals surface area contributed by atoms with Gasteiger partial charge in [0.05, 0.1) is 5.57 Å². The number of carbonyl (C=O) groups is 2. The van der Waals surface area contributed by atoms with Crippen molar-refractivity contribution in [2.24, 2.45) is 0 Å². The number of anilines is 1. The van der Waals surface area contributed by atoms with Crippen molar-refractivity contribution in [3.63, 3.8) is 0 Å². The second kappa shape index (κ2) is 4.95. The van der Waals surface area contributed by atoms with Crippen LogP contribution < -0.4 is 5.32 Å². The Morgan fingerprint density at radius 1 is 1.41 bits per heavy atom. The minimum Gasteiger partial charge on any atom is -0.379 e. The number of rotatable bonds is 3. The molecule has 1 unspecified atom stereocenters. The van der Waals surface area contributed by atoms with Gasteiger partial charge in [0.2, 0.25) is 0 Å². The first-order chi connectivity index (χ1) is 8.20. The number of para-hydroxylation sites is 1. The van der Waals surface area contributed by atoms with E-state index in [-0.39, 0.29) is 17.4 Å². The summed E-state index contributed by atoms with van der Waals surface area (Å²) in [5.74, 6) is -0.180. The highest BCUT2D eigenvalue weighted by Crippen LogP contribution is 2.25. The summed E-state index contributed by atoms with van der Waals surface area (Å²) in [5.41, 5.74) is 2.63. The van der Waals surface area contributed by atoms with Gasteiger partial charge in [-0.2, -0.15) is 0 Å². The van der Waals surface area contributed by atoms with E-state index in [0.717, 1.165) is 18.5 Å². The van der Waals surface area contributed by atoms with E-state index in [0.29, 0.717) is 6.29 Å². The molecule has 88 valence electrons. The number of Topliss-reactive ketones (excluding diaryl/α,β-unsaturated/α-hetero) is 1. The molecule has 3 heteroatoms. The Labute approximate surface area is 101 Å². The molecule has 1 atom stereocenters. The topological polar surface area (TPSA) is 46.2 Å². The Balaban J connectivity index is 2.18. The van der Waals surface area contributed by atoms with Crippen molar-refractivity contribution in [3.05, 3.63) is 41.5 Å². The Bertz CT molecular complexity index is 477. The van der Waals surface area contributed by atoms with Crippen LogP contribution in [0, 0.1) is 0 Å². The number of aryl methyl sites for hydroxylation is 1. The lowest BCUT2D eigenvalue weighted by molar-refractivity contribution is -0.115. The number of nitrogens with one attached hydrogen (secondary N) is 1. The second-order valence-electron chi connectivity index (χ2n) is 4.24. The minimum atomic E-state index is -0.180. The molecule has 1 aromatic rings. The average molecular weight is 229 g/mol. The lowest BCUT2D eigenvalue weighted by Gasteiger charge is -2.25. The fourth-order valence-electron chi connectivity index (χ4n) is 2.04. The van der Waals surface area contributed by atoms with Crippen molar-refractivity contribution in [1.82, 2.24) is 0 Å². The molecule has 1 aliphatic rings. The highest BCUT2D eigenvalue weighted by atomic mass is 16.1. The summed E-state index contributed by atoms with van der Waals surface area (Å²) in [5, 5.41) is 3.33. The molecule has 0 aromatic heterocycles. The molecular formula is C14H15NO2. The molecule has 1 aliphatic heterocycles. The first-order valence-electron chi connectivity index (χ1n) is 5.73. The van der Waals surface area contributed by atoms with Crippen molar-refractivity contribution in [2.75, 3.05) is 5.32 Å². The van der Waals surface area contributed by atoms with E-state index in [9.17, 15) is 9.59 Å². The molecule has 3 nitrogen and oxygen atoms in total. The van der Waals surface area contributed by atoms with E-state index >= 15 is 0 Å². The lowest BCUT2D eigenvalue weighted by Crippen LogP contribution is -2.24. The predicted molar refractivity (Wildman–Crippen MR) is 67.0 cm³/mol. The van der Waals surface area contributed by atoms with Crippen LogP contribution in [0.5, 0.6) is 0 Å². The standard InChI is InChI=1S/C14H15NO2/c1-10(17)12(9-16)8-13-7-6-11-4-2-3-5-14(11)15-13/h2-5,8-9,13,15H,6-7H2,1H3. The summed E-state index contributed by atoms with van der Waals surface area (Å²) in [6.07, 6.45) is 4.23. The molecule has 1 aromatic carbocycles. The van der Waals surface area contributed by atoms with Crippen molar-refractivity contribution in [1.29, 1.82) is 0 Å². The van der Waals surface area contributed by atoms with Crippen LogP contribution >= 0.6 is 0 Å². The fraction of sp³-hybridized carbons (Fsp3) is 0.286. The molecule has 0 aliphatic carbocycles. The van der Waals surface area contributed by atoms with Gasteiger partial charge in [0.25, 0.3) is 0 Å². The first-order valence-corrected chi connectivity index (χ1v) is 5.73. The van der Waals surface area contributed by atoms with E-state index < -0.39 is 0 Å². The zero-order valence-electron chi connectivity index (χ0n) is 9.77. The molecule has 2 rings (SSSR count). The van der Waals surface area contributed by atoms with Gasteiger partial charge in [-0.1, -0.05) is 18.2 Å². The monoisotopic (exact) mass is 229 g/mol. The maximum absolute atomic E-state index is 11.2. The van der Waals surface area contributed by atoms with Crippen LogP contribution in [0.4, 0.5) is 5.69 Å². The fourth-order valence-corrected chi connectivity index (χ4v) is 2.04. The van der Waals surface area contributed by atoms with Gasteiger partial charge in [-0.05, 0) is 37.5 Å². The van der Waals surface area contributed by atoms with Crippen LogP contribution in [0.15, 0.2) is 35.9 Å². The van der Waals surface area contributed by atoms with E-state index in [4.69, 9.17) is 0 Å². The number of allylic oxidation sites excluding steroid dienone is 1. The highest BCUT2D eigenvalue weighted by Gasteiger charge is 2.16. The third kappa shape index (κ3) is 2.61. The number of hydrogen-bond donors (Lipinski definition) is 1. The molecule has 1 heterocycles. The van der Waals surface area contributed by atoms with Crippen LogP contribution in [-0.4, -0.2) is 18.1 Å². The number of aldehydes is 1. The molecule has 1 N–H and O–H groups in total. The van der Waals surface area contributed by atoms with E-state index in [1.807, 2.05) is 18.2 Å². The smallest absolute Gasteiger partial charge is 0.162 e. The first kappa shape index (κ1) is 11.6. The number of fused-ring (bicyclic) bond motifs is 1. The van der Waals surface area contributed by atoms with Crippen LogP contribution in [0.2, 0.25) is 0 Å². The highest BCUT2D eigenvalue weighted by molar-refractivity contribution is 6.10. The van der Waals surface area contributed by atoms with E-state index in [1.165, 1.54) is 12.5 Å². The van der Waals surface area contributed by atoms with Crippen molar-refractivity contribution >= 4 is 17.8 Å². The van der Waals surface area contributed by atoms with Gasteiger partial charge < -0.3 is 5.32 Å². The van der Waals surface area contributed by atoms with Gasteiger partial charge in [0.15, 0.2) is 12.1 Å². The Morgan fingerprint density at radius 3 is 2.88 bits per heavy atom. The van der Waals surface area contributed by atoms with Gasteiger partial charge >= 0.3 is 0 Å². The summed E-state index contributed by atoms with van der Waals surface area (Å²) in [7, 11) is 0. The molecule has 0 saturated heterocycles. The normalized spacial score (nSPS) is 19.1. The second-order valence-corrected chi connectivity index (χ2v) is 4.24. The maximum Gasteiger partial charge on any atom is 0.162 e. The molecular weight excluding hydrogens is 214 g/mol. The number of benzene rings is 1. The molecule has 0 saturated carbocycles. The van der Waals surface area contributed by atoms with Gasteiger partial charge in [0, 0.05) is 11.7 Å². The quantitative estimate of drug-likeness (QED) is 0.374. The minimum absolute atomic E-state index is 0.0639. The zero-order valence-corrected chi connectivity index (χ0v) is 9.77. The molecule has 0 fully saturated rings. The lowest BCUT2D eigenvalue weighted by atomic mass is 9.96. The largest absolute Gasteiger partial charge is 0.379 e. The Morgan fingerprint density at radius 2 is 2.18 bits per heavy atom. The molecule has 0 amide bonds. The Kier molecular flexibility index (Phi) is 3.38. The predicted octanol–water partition coefficient (Wildman–Crippen LogP) is 2.13. The summed E-state index contributed by atoms with van der Waals surface area (Å²) in [4.78, 5) is 21.9. The molecule has 0 spiro atoms. The summed E-state index contributed by atoms with van der Waals surface area (Å²) in [6, 6.07) is 8.17. The Hall–Kier alpha value is -1.90. The third-order valence-corrected chi connectivity index (χ3v) is 3.00. The summed E-state index contributed by atoms with van der Waals surface area (Å²) in [6.45, 7) is 1.41. The maximum atomic E-state index is 11.2. The van der Waals surface area contributed by atoms with Gasteiger partial charge in [-0.25, -0.2) is 0 Å². The SMILES string of the molecule is CC(=O)C(C=O)=CC1CCc2ccccc2N1. The van der Waals surface area contributed by atoms with Crippen LogP contribution in [0.3, 0.4) is 0 Å². The summed E-state index contributed by atoms with van der Waals surface area (Å²) < 4.78 is 0. The molecule has 17 heavy (non-hydrogen) atoms. The van der Waals surface area contributed by atoms with Gasteiger partial charge in [-0.3, -0.25) is 9.59 Å². The zero-order chi connectivity index (χ0) is 12.3. The summed E-state index contributed by atoms with van der Waals surface area (Å²) >= 11 is 0.